The Kier molecular flexibility index (Phi) is 6.42. The molecule has 0 N–H and O–H groups in total. The minimum absolute atomic E-state index is 0.0233. The van der Waals surface area contributed by atoms with Crippen molar-refractivity contribution in [3.05, 3.63) is 62.9 Å². The van der Waals surface area contributed by atoms with Crippen LogP contribution in [0.2, 0.25) is 0 Å². The zero-order valence-electron chi connectivity index (χ0n) is 14.5. The first kappa shape index (κ1) is 18.4. The molecule has 8 nitrogen and oxygen atoms in total. The van der Waals surface area contributed by atoms with Crippen molar-refractivity contribution < 1.29 is 14.2 Å². The van der Waals surface area contributed by atoms with Crippen molar-refractivity contribution >= 4 is 0 Å². The molecule has 8 heteroatoms. The van der Waals surface area contributed by atoms with Crippen LogP contribution in [0.1, 0.15) is 30.8 Å². The Bertz CT molecular complexity index is 759. The fourth-order valence-corrected chi connectivity index (χ4v) is 2.36. The monoisotopic (exact) mass is 343 g/mol. The maximum absolute atomic E-state index is 12.7. The van der Waals surface area contributed by atoms with E-state index >= 15 is 0 Å². The maximum atomic E-state index is 12.7. The number of nitrogens with zero attached hydrogens (tertiary/aromatic N) is 5. The van der Waals surface area contributed by atoms with E-state index in [1.165, 1.54) is 7.11 Å². The van der Waals surface area contributed by atoms with Gasteiger partial charge in [-0.1, -0.05) is 49.3 Å². The largest absolute Gasteiger partial charge is 0.616 e. The summed E-state index contributed by atoms with van der Waals surface area (Å²) in [5.41, 5.74) is 10.1. The van der Waals surface area contributed by atoms with Crippen LogP contribution in [0, 0.1) is 11.1 Å². The second-order valence-electron chi connectivity index (χ2n) is 5.88. The van der Waals surface area contributed by atoms with Crippen LogP contribution < -0.4 is 14.2 Å². The molecule has 0 aliphatic heterocycles. The van der Waals surface area contributed by atoms with E-state index < -0.39 is 0 Å². The minimum Gasteiger partial charge on any atom is -0.616 e. The lowest BCUT2D eigenvalue weighted by Crippen LogP contribution is -2.37. The smallest absolute Gasteiger partial charge is 0.402 e. The first-order valence-corrected chi connectivity index (χ1v) is 7.93. The number of methoxy groups -OCH3 is 1. The quantitative estimate of drug-likeness (QED) is 0.241. The molecule has 1 aromatic heterocycles. The van der Waals surface area contributed by atoms with Gasteiger partial charge in [0.15, 0.2) is 5.69 Å². The molecular weight excluding hydrogens is 322 g/mol. The molecule has 2 rings (SSSR count). The number of hydrogen-bond donors (Lipinski definition) is 0. The molecule has 0 saturated carbocycles. The minimum atomic E-state index is -0.0917. The highest BCUT2D eigenvalue weighted by Gasteiger charge is 2.26. The number of rotatable bonds is 8. The lowest BCUT2D eigenvalue weighted by atomic mass is 10.1. The van der Waals surface area contributed by atoms with Gasteiger partial charge in [0.25, 0.3) is 11.6 Å². The molecule has 1 heterocycles. The highest BCUT2D eigenvalue weighted by atomic mass is 16.5. The Morgan fingerprint density at radius 3 is 2.64 bits per heavy atom. The van der Waals surface area contributed by atoms with E-state index in [1.807, 2.05) is 44.2 Å². The van der Waals surface area contributed by atoms with Crippen LogP contribution in [-0.4, -0.2) is 12.1 Å². The van der Waals surface area contributed by atoms with E-state index in [0.29, 0.717) is 16.8 Å². The van der Waals surface area contributed by atoms with Crippen LogP contribution in [-0.2, 0) is 19.6 Å². The lowest BCUT2D eigenvalue weighted by molar-refractivity contribution is -0.622. The van der Waals surface area contributed by atoms with E-state index in [2.05, 4.69) is 15.0 Å². The van der Waals surface area contributed by atoms with Gasteiger partial charge in [0.05, 0.1) is 13.7 Å². The van der Waals surface area contributed by atoms with Gasteiger partial charge >= 0.3 is 5.88 Å². The Hall–Kier alpha value is -2.99. The van der Waals surface area contributed by atoms with Gasteiger partial charge in [0.1, 0.15) is 6.61 Å². The molecule has 0 bridgehead atoms. The molecule has 0 unspecified atom stereocenters. The van der Waals surface area contributed by atoms with Crippen LogP contribution in [0.15, 0.2) is 35.4 Å². The van der Waals surface area contributed by atoms with Crippen LogP contribution in [0.3, 0.4) is 0 Å². The summed E-state index contributed by atoms with van der Waals surface area (Å²) in [7, 11) is 1.38. The molecule has 0 aliphatic rings. The summed E-state index contributed by atoms with van der Waals surface area (Å²) in [6.45, 7) is 4.19. The predicted molar refractivity (Wildman–Crippen MR) is 91.9 cm³/mol. The van der Waals surface area contributed by atoms with E-state index in [9.17, 15) is 5.21 Å². The van der Waals surface area contributed by atoms with Gasteiger partial charge in [-0.2, -0.15) is 0 Å². The second kappa shape index (κ2) is 8.75. The van der Waals surface area contributed by atoms with Gasteiger partial charge < -0.3 is 14.7 Å². The molecule has 0 radical (unpaired) electrons. The molecule has 0 saturated heterocycles. The van der Waals surface area contributed by atoms with Crippen LogP contribution >= 0.6 is 0 Å². The Balaban J connectivity index is 2.42. The van der Waals surface area contributed by atoms with Crippen molar-refractivity contribution in [2.75, 3.05) is 7.11 Å². The summed E-state index contributed by atoms with van der Waals surface area (Å²) < 4.78 is 11.6. The van der Waals surface area contributed by atoms with E-state index in [1.54, 1.807) is 0 Å². The maximum Gasteiger partial charge on any atom is 0.402 e. The van der Waals surface area contributed by atoms with Gasteiger partial charge in [-0.15, -0.1) is 4.73 Å². The zero-order chi connectivity index (χ0) is 18.2. The van der Waals surface area contributed by atoms with E-state index in [4.69, 9.17) is 15.0 Å². The number of benzene rings is 1. The number of azide groups is 1. The van der Waals surface area contributed by atoms with Gasteiger partial charge in [-0.3, -0.25) is 0 Å². The molecule has 0 amide bonds. The fraction of sp³-hybridized carbons (Fsp3) is 0.412. The molecule has 132 valence electrons. The summed E-state index contributed by atoms with van der Waals surface area (Å²) in [5.74, 6) is 0.486. The summed E-state index contributed by atoms with van der Waals surface area (Å²) in [5, 5.41) is 16.2. The van der Waals surface area contributed by atoms with E-state index in [0.717, 1.165) is 5.56 Å². The molecule has 1 aromatic carbocycles. The van der Waals surface area contributed by atoms with Crippen molar-refractivity contribution in [1.29, 1.82) is 0 Å². The molecule has 0 atom stereocenters. The van der Waals surface area contributed by atoms with Crippen LogP contribution in [0.25, 0.3) is 10.4 Å². The Labute approximate surface area is 146 Å². The molecule has 25 heavy (non-hydrogen) atoms. The lowest BCUT2D eigenvalue weighted by Gasteiger charge is -2.15. The topological polar surface area (TPSA) is 107 Å². The van der Waals surface area contributed by atoms with Gasteiger partial charge in [0.2, 0.25) is 0 Å². The number of hydrogen-bond acceptors (Lipinski definition) is 5. The third-order valence-electron chi connectivity index (χ3n) is 3.46. The Morgan fingerprint density at radius 2 is 2.04 bits per heavy atom. The van der Waals surface area contributed by atoms with Gasteiger partial charge in [-0.05, 0) is 17.0 Å². The number of aromatic nitrogens is 2. The summed E-state index contributed by atoms with van der Waals surface area (Å²) >= 11 is 0. The molecule has 0 fully saturated rings. The average Bonchev–Trinajstić information content (AvgIpc) is 2.61. The first-order valence-electron chi connectivity index (χ1n) is 7.93. The van der Waals surface area contributed by atoms with Crippen LogP contribution in [0.5, 0.6) is 11.8 Å². The van der Waals surface area contributed by atoms with Crippen molar-refractivity contribution in [1.82, 2.24) is 4.98 Å². The van der Waals surface area contributed by atoms with Crippen molar-refractivity contribution in [3.63, 3.8) is 0 Å². The molecular formula is C17H21N5O3. The third kappa shape index (κ3) is 4.74. The summed E-state index contributed by atoms with van der Waals surface area (Å²) in [4.78, 5) is 7.08. The van der Waals surface area contributed by atoms with Gasteiger partial charge in [0, 0.05) is 11.3 Å². The van der Waals surface area contributed by atoms with Crippen molar-refractivity contribution in [3.8, 4) is 11.8 Å². The standard InChI is InChI=1S/C17H21N5O3/c1-12(2)9-15-16(25-11-13-7-5-4-6-8-13)20-14(10-19-21-18)17(24-3)22(15)23/h4-8,12H,9-11H2,1-3H3. The predicted octanol–water partition coefficient (Wildman–Crippen LogP) is 3.31. The van der Waals surface area contributed by atoms with Crippen molar-refractivity contribution in [2.45, 2.75) is 33.4 Å². The average molecular weight is 343 g/mol. The summed E-state index contributed by atoms with van der Waals surface area (Å²) in [6, 6.07) is 9.60. The SMILES string of the molecule is COc1c(CN=[N+]=[N-])nc(OCc2ccccc2)c(CC(C)C)[n+]1[O-]. The highest BCUT2D eigenvalue weighted by Crippen LogP contribution is 2.23. The molecule has 0 aliphatic carbocycles. The van der Waals surface area contributed by atoms with E-state index in [-0.39, 0.29) is 36.5 Å². The van der Waals surface area contributed by atoms with Crippen molar-refractivity contribution in [2.24, 2.45) is 11.0 Å². The first-order chi connectivity index (χ1) is 12.1. The van der Waals surface area contributed by atoms with Gasteiger partial charge in [-0.25, -0.2) is 4.98 Å². The molecule has 2 aromatic rings. The van der Waals surface area contributed by atoms with Crippen LogP contribution in [0.4, 0.5) is 0 Å². The Morgan fingerprint density at radius 1 is 1.32 bits per heavy atom. The number of ether oxygens (including phenoxy) is 2. The summed E-state index contributed by atoms with van der Waals surface area (Å²) in [6.07, 6.45) is 0.485. The third-order valence-corrected chi connectivity index (χ3v) is 3.46. The highest BCUT2D eigenvalue weighted by molar-refractivity contribution is 5.24. The molecule has 0 spiro atoms. The normalized spacial score (nSPS) is 10.4. The zero-order valence-corrected chi connectivity index (χ0v) is 14.5. The second-order valence-corrected chi connectivity index (χ2v) is 5.88. The fourth-order valence-electron chi connectivity index (χ4n) is 2.36.